The second kappa shape index (κ2) is 5.76. The van der Waals surface area contributed by atoms with Crippen molar-refractivity contribution < 1.29 is 9.84 Å². The van der Waals surface area contributed by atoms with Crippen molar-refractivity contribution >= 4 is 17.2 Å². The van der Waals surface area contributed by atoms with E-state index in [1.807, 2.05) is 35.0 Å². The number of aliphatic hydroxyl groups excluding tert-OH is 1. The highest BCUT2D eigenvalue weighted by Gasteiger charge is 2.08. The number of nitrogens with zero attached hydrogens (tertiary/aromatic N) is 2. The molecule has 108 valence electrons. The SMILES string of the molecule is C[C@H](O)c1ccc(OCc2cn3ccccc3n2)c(Cl)c1. The second-order valence-electron chi connectivity index (χ2n) is 4.85. The van der Waals surface area contributed by atoms with Gasteiger partial charge in [0.05, 0.1) is 16.8 Å². The van der Waals surface area contributed by atoms with Crippen molar-refractivity contribution in [2.24, 2.45) is 0 Å². The maximum Gasteiger partial charge on any atom is 0.138 e. The molecule has 3 rings (SSSR count). The zero-order valence-corrected chi connectivity index (χ0v) is 12.3. The van der Waals surface area contributed by atoms with Crippen molar-refractivity contribution in [1.82, 2.24) is 9.38 Å². The molecule has 2 heterocycles. The fourth-order valence-corrected chi connectivity index (χ4v) is 2.35. The zero-order valence-electron chi connectivity index (χ0n) is 11.5. The highest BCUT2D eigenvalue weighted by Crippen LogP contribution is 2.28. The number of aromatic nitrogens is 2. The Morgan fingerprint density at radius 2 is 2.19 bits per heavy atom. The van der Waals surface area contributed by atoms with E-state index in [-0.39, 0.29) is 0 Å². The van der Waals surface area contributed by atoms with Crippen LogP contribution in [-0.4, -0.2) is 14.5 Å². The van der Waals surface area contributed by atoms with Gasteiger partial charge >= 0.3 is 0 Å². The molecular weight excluding hydrogens is 288 g/mol. The molecule has 0 aliphatic carbocycles. The fourth-order valence-electron chi connectivity index (χ4n) is 2.10. The molecule has 4 nitrogen and oxygen atoms in total. The van der Waals surface area contributed by atoms with Crippen LogP contribution in [0.1, 0.15) is 24.3 Å². The van der Waals surface area contributed by atoms with E-state index in [9.17, 15) is 5.11 Å². The lowest BCUT2D eigenvalue weighted by Gasteiger charge is -2.09. The van der Waals surface area contributed by atoms with Crippen molar-refractivity contribution in [3.8, 4) is 5.75 Å². The van der Waals surface area contributed by atoms with Gasteiger partial charge in [0, 0.05) is 12.4 Å². The summed E-state index contributed by atoms with van der Waals surface area (Å²) >= 11 is 6.16. The topological polar surface area (TPSA) is 46.8 Å². The number of ether oxygens (including phenoxy) is 1. The van der Waals surface area contributed by atoms with E-state index in [0.717, 1.165) is 16.9 Å². The molecule has 0 saturated heterocycles. The van der Waals surface area contributed by atoms with Crippen molar-refractivity contribution in [3.63, 3.8) is 0 Å². The van der Waals surface area contributed by atoms with Gasteiger partial charge in [-0.15, -0.1) is 0 Å². The first-order valence-corrected chi connectivity index (χ1v) is 7.04. The van der Waals surface area contributed by atoms with Crippen LogP contribution in [0.4, 0.5) is 0 Å². The van der Waals surface area contributed by atoms with E-state index in [1.165, 1.54) is 0 Å². The first kappa shape index (κ1) is 13.9. The number of hydrogen-bond acceptors (Lipinski definition) is 3. The Morgan fingerprint density at radius 3 is 2.90 bits per heavy atom. The van der Waals surface area contributed by atoms with Crippen molar-refractivity contribution in [3.05, 3.63) is 65.1 Å². The largest absolute Gasteiger partial charge is 0.486 e. The monoisotopic (exact) mass is 302 g/mol. The van der Waals surface area contributed by atoms with Crippen LogP contribution in [0, 0.1) is 0 Å². The van der Waals surface area contributed by atoms with Crippen LogP contribution in [0.5, 0.6) is 5.75 Å². The third-order valence-corrected chi connectivity index (χ3v) is 3.52. The minimum absolute atomic E-state index is 0.343. The minimum atomic E-state index is -0.546. The normalized spacial score (nSPS) is 12.5. The minimum Gasteiger partial charge on any atom is -0.486 e. The molecule has 21 heavy (non-hydrogen) atoms. The highest BCUT2D eigenvalue weighted by atomic mass is 35.5. The lowest BCUT2D eigenvalue weighted by molar-refractivity contribution is 0.199. The number of fused-ring (bicyclic) bond motifs is 1. The quantitative estimate of drug-likeness (QED) is 0.800. The molecule has 2 aromatic heterocycles. The van der Waals surface area contributed by atoms with Crippen LogP contribution < -0.4 is 4.74 Å². The second-order valence-corrected chi connectivity index (χ2v) is 5.26. The first-order valence-electron chi connectivity index (χ1n) is 6.66. The third kappa shape index (κ3) is 3.01. The van der Waals surface area contributed by atoms with Gasteiger partial charge in [-0.3, -0.25) is 0 Å². The number of aliphatic hydroxyl groups is 1. The molecule has 1 aromatic carbocycles. The van der Waals surface area contributed by atoms with Gasteiger partial charge < -0.3 is 14.2 Å². The molecule has 0 unspecified atom stereocenters. The van der Waals surface area contributed by atoms with Gasteiger partial charge in [-0.05, 0) is 36.8 Å². The Balaban J connectivity index is 1.75. The molecule has 0 aliphatic rings. The summed E-state index contributed by atoms with van der Waals surface area (Å²) in [5.41, 5.74) is 2.48. The molecular formula is C16H15ClN2O2. The summed E-state index contributed by atoms with van der Waals surface area (Å²) in [6, 6.07) is 11.1. The van der Waals surface area contributed by atoms with Crippen LogP contribution in [0.3, 0.4) is 0 Å². The summed E-state index contributed by atoms with van der Waals surface area (Å²) in [5, 5.41) is 10.00. The Hall–Kier alpha value is -2.04. The number of halogens is 1. The molecule has 0 radical (unpaired) electrons. The lowest BCUT2D eigenvalue weighted by atomic mass is 10.1. The average Bonchev–Trinajstić information content (AvgIpc) is 2.88. The van der Waals surface area contributed by atoms with Gasteiger partial charge in [-0.1, -0.05) is 23.7 Å². The van der Waals surface area contributed by atoms with E-state index in [2.05, 4.69) is 4.98 Å². The van der Waals surface area contributed by atoms with Crippen LogP contribution in [0.25, 0.3) is 5.65 Å². The fraction of sp³-hybridized carbons (Fsp3) is 0.188. The van der Waals surface area contributed by atoms with Crippen molar-refractivity contribution in [2.45, 2.75) is 19.6 Å². The van der Waals surface area contributed by atoms with Crippen LogP contribution in [-0.2, 0) is 6.61 Å². The van der Waals surface area contributed by atoms with E-state index in [4.69, 9.17) is 16.3 Å². The molecule has 5 heteroatoms. The number of rotatable bonds is 4. The number of pyridine rings is 1. The van der Waals surface area contributed by atoms with E-state index < -0.39 is 6.10 Å². The number of imidazole rings is 1. The summed E-state index contributed by atoms with van der Waals surface area (Å²) in [6.45, 7) is 2.04. The molecule has 1 N–H and O–H groups in total. The average molecular weight is 303 g/mol. The summed E-state index contributed by atoms with van der Waals surface area (Å²) in [6.07, 6.45) is 3.32. The Labute approximate surface area is 127 Å². The van der Waals surface area contributed by atoms with Gasteiger partial charge in [0.2, 0.25) is 0 Å². The first-order chi connectivity index (χ1) is 10.1. The summed E-state index contributed by atoms with van der Waals surface area (Å²) < 4.78 is 7.64. The third-order valence-electron chi connectivity index (χ3n) is 3.23. The zero-order chi connectivity index (χ0) is 14.8. The molecule has 0 saturated carbocycles. The molecule has 1 atom stereocenters. The van der Waals surface area contributed by atoms with Crippen LogP contribution in [0.2, 0.25) is 5.02 Å². The van der Waals surface area contributed by atoms with E-state index >= 15 is 0 Å². The number of hydrogen-bond donors (Lipinski definition) is 1. The smallest absolute Gasteiger partial charge is 0.138 e. The predicted molar refractivity (Wildman–Crippen MR) is 81.6 cm³/mol. The molecule has 0 spiro atoms. The summed E-state index contributed by atoms with van der Waals surface area (Å²) in [5.74, 6) is 0.582. The highest BCUT2D eigenvalue weighted by molar-refractivity contribution is 6.32. The van der Waals surface area contributed by atoms with Crippen LogP contribution >= 0.6 is 11.6 Å². The standard InChI is InChI=1S/C16H15ClN2O2/c1-11(20)12-5-6-15(14(17)8-12)21-10-13-9-19-7-3-2-4-16(19)18-13/h2-9,11,20H,10H2,1H3/t11-/m0/s1. The maximum atomic E-state index is 9.52. The van der Waals surface area contributed by atoms with Crippen LogP contribution in [0.15, 0.2) is 48.8 Å². The Morgan fingerprint density at radius 1 is 1.33 bits per heavy atom. The molecule has 0 aliphatic heterocycles. The van der Waals surface area contributed by atoms with Crippen molar-refractivity contribution in [2.75, 3.05) is 0 Å². The molecule has 0 fully saturated rings. The molecule has 3 aromatic rings. The Kier molecular flexibility index (Phi) is 3.82. The Bertz CT molecular complexity index is 735. The summed E-state index contributed by atoms with van der Waals surface area (Å²) in [7, 11) is 0. The molecule has 0 amide bonds. The van der Waals surface area contributed by atoms with Gasteiger partial charge in [0.25, 0.3) is 0 Å². The summed E-state index contributed by atoms with van der Waals surface area (Å²) in [4.78, 5) is 4.46. The van der Waals surface area contributed by atoms with Crippen molar-refractivity contribution in [1.29, 1.82) is 0 Å². The van der Waals surface area contributed by atoms with Gasteiger partial charge in [-0.25, -0.2) is 4.98 Å². The van der Waals surface area contributed by atoms with Gasteiger partial charge in [0.15, 0.2) is 0 Å². The predicted octanol–water partition coefficient (Wildman–Crippen LogP) is 3.62. The van der Waals surface area contributed by atoms with Gasteiger partial charge in [-0.2, -0.15) is 0 Å². The maximum absolute atomic E-state index is 9.52. The number of benzene rings is 1. The van der Waals surface area contributed by atoms with E-state index in [0.29, 0.717) is 17.4 Å². The molecule has 0 bridgehead atoms. The lowest BCUT2D eigenvalue weighted by Crippen LogP contribution is -1.97. The van der Waals surface area contributed by atoms with E-state index in [1.54, 1.807) is 25.1 Å². The van der Waals surface area contributed by atoms with Gasteiger partial charge in [0.1, 0.15) is 18.0 Å².